The van der Waals surface area contributed by atoms with E-state index < -0.39 is 0 Å². The van der Waals surface area contributed by atoms with E-state index in [1.807, 2.05) is 20.8 Å². The molecule has 4 heteroatoms. The van der Waals surface area contributed by atoms with Crippen LogP contribution in [0.25, 0.3) is 0 Å². The fourth-order valence-electron chi connectivity index (χ4n) is 2.14. The zero-order valence-corrected chi connectivity index (χ0v) is 10.4. The molecule has 1 aliphatic rings. The minimum absolute atomic E-state index is 0.0289. The predicted molar refractivity (Wildman–Crippen MR) is 63.6 cm³/mol. The van der Waals surface area contributed by atoms with E-state index in [9.17, 15) is 4.79 Å². The van der Waals surface area contributed by atoms with Gasteiger partial charge in [0.2, 0.25) is 5.91 Å². The molecule has 0 aromatic heterocycles. The first kappa shape index (κ1) is 12.7. The van der Waals surface area contributed by atoms with Crippen LogP contribution in [-0.4, -0.2) is 22.4 Å². The van der Waals surface area contributed by atoms with E-state index in [0.29, 0.717) is 6.42 Å². The Morgan fingerprint density at radius 2 is 2.25 bits per heavy atom. The van der Waals surface area contributed by atoms with E-state index in [0.717, 1.165) is 17.7 Å². The molecule has 0 aromatic carbocycles. The van der Waals surface area contributed by atoms with Crippen molar-refractivity contribution in [1.82, 2.24) is 5.32 Å². The van der Waals surface area contributed by atoms with Crippen LogP contribution < -0.4 is 5.32 Å². The topological polar surface area (TPSA) is 61.7 Å². The molecule has 0 heterocycles. The molecule has 0 aliphatic heterocycles. The number of oxime groups is 1. The van der Waals surface area contributed by atoms with Crippen LogP contribution in [0.2, 0.25) is 0 Å². The van der Waals surface area contributed by atoms with Crippen molar-refractivity contribution in [2.45, 2.75) is 46.1 Å². The lowest BCUT2D eigenvalue weighted by molar-refractivity contribution is -0.121. The Labute approximate surface area is 96.4 Å². The third-order valence-corrected chi connectivity index (χ3v) is 3.24. The second kappa shape index (κ2) is 4.68. The number of carbonyl (C=O) groups is 1. The molecule has 0 saturated heterocycles. The molecule has 1 amide bonds. The van der Waals surface area contributed by atoms with E-state index in [4.69, 9.17) is 5.21 Å². The molecule has 4 nitrogen and oxygen atoms in total. The van der Waals surface area contributed by atoms with Crippen LogP contribution in [0.4, 0.5) is 0 Å². The molecule has 0 radical (unpaired) electrons. The van der Waals surface area contributed by atoms with Gasteiger partial charge in [-0.05, 0) is 45.1 Å². The highest BCUT2D eigenvalue weighted by atomic mass is 16.4. The Morgan fingerprint density at radius 1 is 1.62 bits per heavy atom. The summed E-state index contributed by atoms with van der Waals surface area (Å²) in [7, 11) is 0. The second-order valence-electron chi connectivity index (χ2n) is 4.97. The SMILES string of the molecule is CC(=O)NC(C)(C)[C@@H]1CC=C(C)/C(=N\O)C1. The molecule has 0 bridgehead atoms. The summed E-state index contributed by atoms with van der Waals surface area (Å²) in [5.41, 5.74) is 1.46. The van der Waals surface area contributed by atoms with Crippen molar-refractivity contribution in [2.24, 2.45) is 11.1 Å². The van der Waals surface area contributed by atoms with Crippen molar-refractivity contribution in [3.63, 3.8) is 0 Å². The monoisotopic (exact) mass is 224 g/mol. The number of nitrogens with one attached hydrogen (secondary N) is 1. The molecule has 0 fully saturated rings. The van der Waals surface area contributed by atoms with E-state index in [1.165, 1.54) is 6.92 Å². The van der Waals surface area contributed by atoms with E-state index in [2.05, 4.69) is 16.5 Å². The molecule has 1 rings (SSSR count). The average Bonchev–Trinajstić information content (AvgIpc) is 2.16. The van der Waals surface area contributed by atoms with Crippen molar-refractivity contribution >= 4 is 11.6 Å². The highest BCUT2D eigenvalue weighted by molar-refractivity contribution is 6.00. The molecule has 1 aliphatic carbocycles. The molecule has 0 unspecified atom stereocenters. The van der Waals surface area contributed by atoms with E-state index in [-0.39, 0.29) is 17.4 Å². The predicted octanol–water partition coefficient (Wildman–Crippen LogP) is 2.09. The number of hydrogen-bond acceptors (Lipinski definition) is 3. The summed E-state index contributed by atoms with van der Waals surface area (Å²) in [6.45, 7) is 7.47. The molecule has 2 N–H and O–H groups in total. The van der Waals surface area contributed by atoms with Gasteiger partial charge in [-0.15, -0.1) is 0 Å². The summed E-state index contributed by atoms with van der Waals surface area (Å²) in [6.07, 6.45) is 3.66. The van der Waals surface area contributed by atoms with Crippen molar-refractivity contribution in [2.75, 3.05) is 0 Å². The number of rotatable bonds is 2. The summed E-state index contributed by atoms with van der Waals surface area (Å²) in [4.78, 5) is 11.1. The first-order valence-corrected chi connectivity index (χ1v) is 5.53. The highest BCUT2D eigenvalue weighted by Gasteiger charge is 2.32. The first-order chi connectivity index (χ1) is 7.36. The van der Waals surface area contributed by atoms with Gasteiger partial charge in [-0.25, -0.2) is 0 Å². The van der Waals surface area contributed by atoms with Gasteiger partial charge in [-0.1, -0.05) is 11.2 Å². The molecule has 0 saturated carbocycles. The smallest absolute Gasteiger partial charge is 0.217 e. The average molecular weight is 224 g/mol. The summed E-state index contributed by atoms with van der Waals surface area (Å²) >= 11 is 0. The lowest BCUT2D eigenvalue weighted by Gasteiger charge is -2.36. The van der Waals surface area contributed by atoms with Crippen molar-refractivity contribution in [3.8, 4) is 0 Å². The largest absolute Gasteiger partial charge is 0.411 e. The number of carbonyl (C=O) groups excluding carboxylic acids is 1. The van der Waals surface area contributed by atoms with Crippen LogP contribution in [0.3, 0.4) is 0 Å². The second-order valence-corrected chi connectivity index (χ2v) is 4.97. The molecular formula is C12H20N2O2. The maximum Gasteiger partial charge on any atom is 0.217 e. The normalized spacial score (nSPS) is 24.1. The van der Waals surface area contributed by atoms with Gasteiger partial charge >= 0.3 is 0 Å². The number of nitrogens with zero attached hydrogens (tertiary/aromatic N) is 1. The van der Waals surface area contributed by atoms with Crippen molar-refractivity contribution in [3.05, 3.63) is 11.6 Å². The summed E-state index contributed by atoms with van der Waals surface area (Å²) in [5.74, 6) is 0.241. The molecular weight excluding hydrogens is 204 g/mol. The molecule has 0 aromatic rings. The fourth-order valence-corrected chi connectivity index (χ4v) is 2.14. The molecule has 16 heavy (non-hydrogen) atoms. The van der Waals surface area contributed by atoms with E-state index >= 15 is 0 Å². The Bertz CT molecular complexity index is 343. The number of allylic oxidation sites excluding steroid dienone is 2. The van der Waals surface area contributed by atoms with Crippen molar-refractivity contribution in [1.29, 1.82) is 0 Å². The van der Waals surface area contributed by atoms with Gasteiger partial charge in [0.25, 0.3) is 0 Å². The lowest BCUT2D eigenvalue weighted by atomic mass is 9.76. The van der Waals surface area contributed by atoms with Crippen LogP contribution in [-0.2, 0) is 4.79 Å². The van der Waals surface area contributed by atoms with Gasteiger partial charge in [0.15, 0.2) is 0 Å². The Hall–Kier alpha value is -1.32. The van der Waals surface area contributed by atoms with Gasteiger partial charge in [0.1, 0.15) is 0 Å². The number of amides is 1. The van der Waals surface area contributed by atoms with Crippen LogP contribution in [0.1, 0.15) is 40.5 Å². The quantitative estimate of drug-likeness (QED) is 0.557. The number of hydrogen-bond donors (Lipinski definition) is 2. The minimum atomic E-state index is -0.279. The van der Waals surface area contributed by atoms with Crippen LogP contribution in [0, 0.1) is 5.92 Å². The third kappa shape index (κ3) is 2.84. The Morgan fingerprint density at radius 3 is 2.75 bits per heavy atom. The summed E-state index contributed by atoms with van der Waals surface area (Å²) in [6, 6.07) is 0. The van der Waals surface area contributed by atoms with Gasteiger partial charge in [0, 0.05) is 12.5 Å². The van der Waals surface area contributed by atoms with Gasteiger partial charge in [-0.2, -0.15) is 0 Å². The minimum Gasteiger partial charge on any atom is -0.411 e. The maximum absolute atomic E-state index is 11.1. The highest BCUT2D eigenvalue weighted by Crippen LogP contribution is 2.30. The van der Waals surface area contributed by atoms with E-state index in [1.54, 1.807) is 0 Å². The third-order valence-electron chi connectivity index (χ3n) is 3.24. The van der Waals surface area contributed by atoms with Gasteiger partial charge in [-0.3, -0.25) is 4.79 Å². The van der Waals surface area contributed by atoms with Crippen LogP contribution in [0.5, 0.6) is 0 Å². The maximum atomic E-state index is 11.1. The molecule has 1 atom stereocenters. The Kier molecular flexibility index (Phi) is 3.73. The molecule has 90 valence electrons. The van der Waals surface area contributed by atoms with Crippen LogP contribution in [0.15, 0.2) is 16.8 Å². The van der Waals surface area contributed by atoms with Gasteiger partial charge in [0.05, 0.1) is 5.71 Å². The van der Waals surface area contributed by atoms with Crippen LogP contribution >= 0.6 is 0 Å². The van der Waals surface area contributed by atoms with Crippen molar-refractivity contribution < 1.29 is 10.0 Å². The van der Waals surface area contributed by atoms with Gasteiger partial charge < -0.3 is 10.5 Å². The fraction of sp³-hybridized carbons (Fsp3) is 0.667. The molecule has 0 spiro atoms. The first-order valence-electron chi connectivity index (χ1n) is 5.53. The summed E-state index contributed by atoms with van der Waals surface area (Å²) in [5, 5.41) is 15.1. The zero-order valence-electron chi connectivity index (χ0n) is 10.4. The Balaban J connectivity index is 2.81. The standard InChI is InChI=1S/C12H20N2O2/c1-8-5-6-10(7-11(8)14-16)12(3,4)13-9(2)15/h5,10,16H,6-7H2,1-4H3,(H,13,15)/b14-11-/t10-/m1/s1. The summed E-state index contributed by atoms with van der Waals surface area (Å²) < 4.78 is 0. The zero-order chi connectivity index (χ0) is 12.3. The lowest BCUT2D eigenvalue weighted by Crippen LogP contribution is -2.49.